The van der Waals surface area contributed by atoms with Crippen molar-refractivity contribution in [1.82, 2.24) is 0 Å². The SMILES string of the molecule is Cc1ccc2c(c1)N(C(=O)c1ccccc1C)CC/C2=N\OS(=O)(=O)O. The van der Waals surface area contributed by atoms with E-state index >= 15 is 0 Å². The number of hydrogen-bond acceptors (Lipinski definition) is 5. The van der Waals surface area contributed by atoms with Gasteiger partial charge in [-0.2, -0.15) is 8.42 Å². The summed E-state index contributed by atoms with van der Waals surface area (Å²) in [5, 5.41) is 3.55. The molecule has 136 valence electrons. The lowest BCUT2D eigenvalue weighted by Crippen LogP contribution is -2.38. The predicted octanol–water partition coefficient (Wildman–Crippen LogP) is 2.88. The number of carbonyl (C=O) groups is 1. The van der Waals surface area contributed by atoms with Crippen LogP contribution in [0.25, 0.3) is 0 Å². The van der Waals surface area contributed by atoms with Gasteiger partial charge in [-0.1, -0.05) is 35.5 Å². The highest BCUT2D eigenvalue weighted by Gasteiger charge is 2.28. The van der Waals surface area contributed by atoms with Gasteiger partial charge in [-0.05, 0) is 37.1 Å². The summed E-state index contributed by atoms with van der Waals surface area (Å²) >= 11 is 0. The highest BCUT2D eigenvalue weighted by molar-refractivity contribution is 7.80. The highest BCUT2D eigenvalue weighted by Crippen LogP contribution is 2.30. The molecule has 7 nitrogen and oxygen atoms in total. The number of rotatable bonds is 3. The predicted molar refractivity (Wildman–Crippen MR) is 97.8 cm³/mol. The number of oxime groups is 1. The van der Waals surface area contributed by atoms with Crippen molar-refractivity contribution < 1.29 is 22.0 Å². The van der Waals surface area contributed by atoms with Gasteiger partial charge >= 0.3 is 10.4 Å². The minimum atomic E-state index is -4.68. The first-order valence-corrected chi connectivity index (χ1v) is 9.34. The maximum absolute atomic E-state index is 13.0. The third-order valence-corrected chi connectivity index (χ3v) is 4.45. The molecule has 1 amide bonds. The van der Waals surface area contributed by atoms with E-state index in [1.165, 1.54) is 0 Å². The second-order valence-electron chi connectivity index (χ2n) is 6.08. The fourth-order valence-corrected chi connectivity index (χ4v) is 3.12. The van der Waals surface area contributed by atoms with E-state index in [1.807, 2.05) is 44.2 Å². The van der Waals surface area contributed by atoms with Crippen LogP contribution in [-0.2, 0) is 14.7 Å². The first-order valence-electron chi connectivity index (χ1n) is 7.98. The topological polar surface area (TPSA) is 96.3 Å². The van der Waals surface area contributed by atoms with Crippen molar-refractivity contribution in [2.24, 2.45) is 5.16 Å². The Bertz CT molecular complexity index is 998. The molecule has 0 fully saturated rings. The minimum absolute atomic E-state index is 0.135. The van der Waals surface area contributed by atoms with Crippen LogP contribution in [0.3, 0.4) is 0 Å². The van der Waals surface area contributed by atoms with Gasteiger partial charge in [0.25, 0.3) is 5.91 Å². The maximum atomic E-state index is 13.0. The second kappa shape index (κ2) is 6.89. The Labute approximate surface area is 151 Å². The van der Waals surface area contributed by atoms with Crippen molar-refractivity contribution in [3.63, 3.8) is 0 Å². The van der Waals surface area contributed by atoms with Gasteiger partial charge in [0, 0.05) is 24.1 Å². The van der Waals surface area contributed by atoms with E-state index in [-0.39, 0.29) is 5.91 Å². The number of anilines is 1. The summed E-state index contributed by atoms with van der Waals surface area (Å²) in [6.45, 7) is 4.09. The van der Waals surface area contributed by atoms with Gasteiger partial charge in [-0.25, -0.2) is 4.28 Å². The average Bonchev–Trinajstić information content (AvgIpc) is 2.58. The van der Waals surface area contributed by atoms with Crippen molar-refractivity contribution in [1.29, 1.82) is 0 Å². The molecule has 1 aliphatic rings. The van der Waals surface area contributed by atoms with E-state index in [4.69, 9.17) is 4.55 Å². The summed E-state index contributed by atoms with van der Waals surface area (Å²) in [4.78, 5) is 14.7. The Balaban J connectivity index is 2.03. The smallest absolute Gasteiger partial charge is 0.307 e. The summed E-state index contributed by atoms with van der Waals surface area (Å²) < 4.78 is 34.5. The van der Waals surface area contributed by atoms with Crippen molar-refractivity contribution >= 4 is 27.7 Å². The lowest BCUT2D eigenvalue weighted by molar-refractivity contribution is 0.0986. The zero-order valence-corrected chi connectivity index (χ0v) is 15.2. The van der Waals surface area contributed by atoms with Gasteiger partial charge in [-0.3, -0.25) is 9.35 Å². The molecule has 0 radical (unpaired) electrons. The highest BCUT2D eigenvalue weighted by atomic mass is 32.3. The van der Waals surface area contributed by atoms with Gasteiger partial charge in [0.05, 0.1) is 11.4 Å². The van der Waals surface area contributed by atoms with Gasteiger partial charge < -0.3 is 4.90 Å². The molecule has 0 aromatic heterocycles. The average molecular weight is 374 g/mol. The molecule has 26 heavy (non-hydrogen) atoms. The van der Waals surface area contributed by atoms with E-state index in [0.717, 1.165) is 11.1 Å². The van der Waals surface area contributed by atoms with E-state index in [2.05, 4.69) is 9.44 Å². The number of nitrogens with zero attached hydrogens (tertiary/aromatic N) is 2. The van der Waals surface area contributed by atoms with E-state index in [9.17, 15) is 13.2 Å². The molecule has 1 aliphatic heterocycles. The first-order chi connectivity index (χ1) is 12.3. The monoisotopic (exact) mass is 374 g/mol. The van der Waals surface area contributed by atoms with Gasteiger partial charge in [0.2, 0.25) is 0 Å². The van der Waals surface area contributed by atoms with E-state index in [0.29, 0.717) is 35.5 Å². The molecule has 2 aromatic rings. The summed E-state index contributed by atoms with van der Waals surface area (Å²) in [6.07, 6.45) is 0.295. The van der Waals surface area contributed by atoms with E-state index in [1.54, 1.807) is 17.0 Å². The van der Waals surface area contributed by atoms with Crippen molar-refractivity contribution in [3.05, 3.63) is 64.7 Å². The molecular weight excluding hydrogens is 356 g/mol. The normalized spacial score (nSPS) is 15.7. The van der Waals surface area contributed by atoms with Crippen LogP contribution in [0.4, 0.5) is 5.69 Å². The van der Waals surface area contributed by atoms with Gasteiger partial charge in [0.15, 0.2) is 0 Å². The largest absolute Gasteiger partial charge is 0.466 e. The second-order valence-corrected chi connectivity index (χ2v) is 7.09. The number of fused-ring (bicyclic) bond motifs is 1. The van der Waals surface area contributed by atoms with Crippen LogP contribution in [0.15, 0.2) is 47.6 Å². The van der Waals surface area contributed by atoms with Crippen LogP contribution < -0.4 is 4.90 Å². The molecule has 0 unspecified atom stereocenters. The molecule has 1 N–H and O–H groups in total. The number of hydrogen-bond donors (Lipinski definition) is 1. The molecular formula is C18H18N2O5S. The van der Waals surface area contributed by atoms with Gasteiger partial charge in [-0.15, -0.1) is 0 Å². The number of amides is 1. The molecule has 2 aromatic carbocycles. The Morgan fingerprint density at radius 3 is 2.62 bits per heavy atom. The van der Waals surface area contributed by atoms with Gasteiger partial charge in [0.1, 0.15) is 0 Å². The van der Waals surface area contributed by atoms with Crippen LogP contribution >= 0.6 is 0 Å². The Hall–Kier alpha value is -2.71. The molecule has 1 heterocycles. The molecule has 0 saturated heterocycles. The summed E-state index contributed by atoms with van der Waals surface area (Å²) in [6, 6.07) is 12.8. The molecule has 8 heteroatoms. The van der Waals surface area contributed by atoms with Crippen molar-refractivity contribution in [2.75, 3.05) is 11.4 Å². The summed E-state index contributed by atoms with van der Waals surface area (Å²) in [5.74, 6) is -0.135. The quantitative estimate of drug-likeness (QED) is 0.658. The van der Waals surface area contributed by atoms with Crippen LogP contribution in [0.1, 0.15) is 33.5 Å². The standard InChI is InChI=1S/C18H18N2O5S/c1-12-7-8-15-16(19-25-26(22,23)24)9-10-20(17(15)11-12)18(21)14-6-4-3-5-13(14)2/h3-8,11H,9-10H2,1-2H3,(H,22,23,24)/b19-16+. The fraction of sp³-hybridized carbons (Fsp3) is 0.222. The van der Waals surface area contributed by atoms with Crippen molar-refractivity contribution in [3.8, 4) is 0 Å². The third-order valence-electron chi connectivity index (χ3n) is 4.19. The Morgan fingerprint density at radius 2 is 1.92 bits per heavy atom. The Morgan fingerprint density at radius 1 is 1.19 bits per heavy atom. The molecule has 0 atom stereocenters. The first kappa shape index (κ1) is 18.1. The number of benzene rings is 2. The van der Waals surface area contributed by atoms with Crippen LogP contribution in [0.2, 0.25) is 0 Å². The molecule has 0 aliphatic carbocycles. The Kier molecular flexibility index (Phi) is 4.80. The lowest BCUT2D eigenvalue weighted by atomic mass is 9.96. The number of carbonyl (C=O) groups excluding carboxylic acids is 1. The molecule has 0 saturated carbocycles. The third kappa shape index (κ3) is 3.76. The zero-order valence-electron chi connectivity index (χ0n) is 14.3. The summed E-state index contributed by atoms with van der Waals surface area (Å²) in [5.41, 5.74) is 4.00. The molecule has 3 rings (SSSR count). The van der Waals surface area contributed by atoms with Crippen molar-refractivity contribution in [2.45, 2.75) is 20.3 Å². The minimum Gasteiger partial charge on any atom is -0.307 e. The fourth-order valence-electron chi connectivity index (χ4n) is 2.94. The molecule has 0 spiro atoms. The van der Waals surface area contributed by atoms with Crippen LogP contribution in [0, 0.1) is 13.8 Å². The van der Waals surface area contributed by atoms with E-state index < -0.39 is 10.4 Å². The van der Waals surface area contributed by atoms with Crippen LogP contribution in [-0.4, -0.2) is 31.1 Å². The maximum Gasteiger partial charge on any atom is 0.466 e. The molecule has 0 bridgehead atoms. The summed E-state index contributed by atoms with van der Waals surface area (Å²) in [7, 11) is -4.68. The number of aryl methyl sites for hydroxylation is 2. The van der Waals surface area contributed by atoms with Crippen LogP contribution in [0.5, 0.6) is 0 Å². The lowest BCUT2D eigenvalue weighted by Gasteiger charge is -2.30. The zero-order chi connectivity index (χ0) is 18.9.